The quantitative estimate of drug-likeness (QED) is 0.178. The van der Waals surface area contributed by atoms with Crippen LogP contribution in [0.4, 0.5) is 20.2 Å². The van der Waals surface area contributed by atoms with Gasteiger partial charge in [-0.3, -0.25) is 4.57 Å². The second kappa shape index (κ2) is 12.5. The van der Waals surface area contributed by atoms with Crippen LogP contribution in [0.5, 0.6) is 5.75 Å². The van der Waals surface area contributed by atoms with E-state index in [-0.39, 0.29) is 28.7 Å². The molecule has 0 saturated heterocycles. The summed E-state index contributed by atoms with van der Waals surface area (Å²) in [7, 11) is 0. The molecule has 4 aliphatic rings. The third-order valence-corrected chi connectivity index (χ3v) is 13.2. The number of benzene rings is 6. The molecule has 0 spiro atoms. The zero-order valence-corrected chi connectivity index (χ0v) is 32.8. The molecule has 0 fully saturated rings. The molecule has 0 saturated carbocycles. The maximum Gasteiger partial charge on any atom is 0.235 e. The molecule has 0 amide bonds. The van der Waals surface area contributed by atoms with Gasteiger partial charge in [0.05, 0.1) is 34.2 Å². The van der Waals surface area contributed by atoms with Crippen LogP contribution in [-0.4, -0.2) is 26.7 Å². The summed E-state index contributed by atoms with van der Waals surface area (Å²) in [6, 6.07) is 41.3. The number of fused-ring (bicyclic) bond motifs is 13. The standard InChI is InChI=1S/C53H34F2N4O2/c1-53-28-8-7-25-45(53)58(30-13-3-2-4-14-30)47-39(53)27-26-32-31-15-5-6-24-44(31)59(46(32)47)52-56-42(37-20-9-16-33-35-18-11-22-40(54)50(35)60-48(33)37)29-43(57-52)38-21-10-17-34-36-19-12-23-41(55)51(36)61-49(34)38/h2-29,33,45,48H,1H3. The fourth-order valence-corrected chi connectivity index (χ4v) is 10.4. The Hall–Kier alpha value is -7.58. The summed E-state index contributed by atoms with van der Waals surface area (Å²) in [6.07, 6.45) is 14.4. The highest BCUT2D eigenvalue weighted by atomic mass is 19.1. The molecule has 5 heterocycles. The topological polar surface area (TPSA) is 56.3 Å². The van der Waals surface area contributed by atoms with Gasteiger partial charge in [0.2, 0.25) is 5.95 Å². The van der Waals surface area contributed by atoms with Gasteiger partial charge in [-0.25, -0.2) is 18.7 Å². The van der Waals surface area contributed by atoms with Gasteiger partial charge in [0.15, 0.2) is 23.0 Å². The van der Waals surface area contributed by atoms with Gasteiger partial charge < -0.3 is 14.1 Å². The Morgan fingerprint density at radius 1 is 0.672 bits per heavy atom. The third kappa shape index (κ3) is 4.70. The molecule has 2 aliphatic carbocycles. The monoisotopic (exact) mass is 796 g/mol. The van der Waals surface area contributed by atoms with E-state index in [1.807, 2.05) is 60.7 Å². The van der Waals surface area contributed by atoms with E-state index in [4.69, 9.17) is 19.1 Å². The van der Waals surface area contributed by atoms with Crippen molar-refractivity contribution in [2.75, 3.05) is 4.90 Å². The Kier molecular flexibility index (Phi) is 7.01. The number of rotatable bonds is 4. The van der Waals surface area contributed by atoms with Crippen molar-refractivity contribution < 1.29 is 17.9 Å². The fraction of sp³-hybridized carbons (Fsp3) is 0.0943. The number of aromatic nitrogens is 3. The molecule has 13 rings (SSSR count). The average molecular weight is 797 g/mol. The molecule has 2 aliphatic heterocycles. The van der Waals surface area contributed by atoms with Crippen molar-refractivity contribution in [1.82, 2.24) is 14.5 Å². The molecule has 4 unspecified atom stereocenters. The van der Waals surface area contributed by atoms with Crippen LogP contribution < -0.4 is 9.64 Å². The van der Waals surface area contributed by atoms with Crippen molar-refractivity contribution in [3.05, 3.63) is 198 Å². The first kappa shape index (κ1) is 34.3. The Labute approximate surface area is 348 Å². The number of allylic oxidation sites excluding steroid dienone is 4. The van der Waals surface area contributed by atoms with Crippen molar-refractivity contribution >= 4 is 60.7 Å². The highest BCUT2D eigenvalue weighted by Crippen LogP contribution is 2.55. The highest BCUT2D eigenvalue weighted by Gasteiger charge is 2.48. The molecule has 3 aromatic heterocycles. The number of furan rings is 1. The predicted molar refractivity (Wildman–Crippen MR) is 238 cm³/mol. The normalized spacial score (nSPS) is 20.9. The molecule has 0 N–H and O–H groups in total. The molecule has 61 heavy (non-hydrogen) atoms. The minimum absolute atomic E-state index is 0.0125. The highest BCUT2D eigenvalue weighted by molar-refractivity contribution is 6.15. The van der Waals surface area contributed by atoms with Gasteiger partial charge in [0, 0.05) is 55.3 Å². The molecule has 9 aromatic rings. The van der Waals surface area contributed by atoms with Gasteiger partial charge in [-0.2, -0.15) is 0 Å². The zero-order valence-electron chi connectivity index (χ0n) is 32.8. The number of hydrogen-bond donors (Lipinski definition) is 0. The van der Waals surface area contributed by atoms with Gasteiger partial charge in [0.25, 0.3) is 0 Å². The fourth-order valence-electron chi connectivity index (χ4n) is 10.4. The maximum absolute atomic E-state index is 15.3. The summed E-state index contributed by atoms with van der Waals surface area (Å²) in [5.41, 5.74) is 9.17. The Bertz CT molecular complexity index is 3490. The van der Waals surface area contributed by atoms with E-state index in [0.29, 0.717) is 33.9 Å². The molecule has 0 bridgehead atoms. The van der Waals surface area contributed by atoms with Crippen LogP contribution in [0.25, 0.3) is 66.5 Å². The summed E-state index contributed by atoms with van der Waals surface area (Å²) >= 11 is 0. The van der Waals surface area contributed by atoms with Crippen LogP contribution >= 0.6 is 0 Å². The second-order valence-electron chi connectivity index (χ2n) is 16.5. The van der Waals surface area contributed by atoms with Crippen molar-refractivity contribution in [2.45, 2.75) is 30.4 Å². The number of halogens is 2. The smallest absolute Gasteiger partial charge is 0.235 e. The lowest BCUT2D eigenvalue weighted by atomic mass is 9.76. The Morgan fingerprint density at radius 3 is 2.34 bits per heavy atom. The minimum Gasteiger partial charge on any atom is -0.481 e. The SMILES string of the molecule is CC12C=CC=CC1N(c1ccccc1)c1c2ccc2c3ccccc3n(-c3nc(C4=CC=CC5c6cccc(F)c6OC45)cc(-c4cccc5c4oc4c(F)cccc45)n3)c12. The first-order valence-corrected chi connectivity index (χ1v) is 20.6. The van der Waals surface area contributed by atoms with Gasteiger partial charge >= 0.3 is 0 Å². The molecular formula is C53H34F2N4O2. The van der Waals surface area contributed by atoms with Crippen molar-refractivity contribution in [1.29, 1.82) is 0 Å². The van der Waals surface area contributed by atoms with Gasteiger partial charge in [-0.15, -0.1) is 0 Å². The van der Waals surface area contributed by atoms with E-state index in [1.54, 1.807) is 12.1 Å². The number of anilines is 2. The lowest BCUT2D eigenvalue weighted by Crippen LogP contribution is -2.39. The molecule has 6 aromatic carbocycles. The molecule has 292 valence electrons. The van der Waals surface area contributed by atoms with Crippen molar-refractivity contribution in [3.8, 4) is 23.0 Å². The minimum atomic E-state index is -0.527. The Balaban J connectivity index is 1.12. The Morgan fingerprint density at radius 2 is 1.44 bits per heavy atom. The van der Waals surface area contributed by atoms with Gasteiger partial charge in [-0.05, 0) is 55.0 Å². The van der Waals surface area contributed by atoms with E-state index in [2.05, 4.69) is 101 Å². The lowest BCUT2D eigenvalue weighted by Gasteiger charge is -2.34. The van der Waals surface area contributed by atoms with Crippen LogP contribution in [0.3, 0.4) is 0 Å². The number of hydrogen-bond acceptors (Lipinski definition) is 5. The number of para-hydroxylation sites is 5. The van der Waals surface area contributed by atoms with E-state index in [0.717, 1.165) is 49.7 Å². The van der Waals surface area contributed by atoms with Crippen LogP contribution in [-0.2, 0) is 5.41 Å². The van der Waals surface area contributed by atoms with Gasteiger partial charge in [-0.1, -0.05) is 127 Å². The van der Waals surface area contributed by atoms with E-state index >= 15 is 8.78 Å². The number of nitrogens with zero attached hydrogens (tertiary/aromatic N) is 4. The van der Waals surface area contributed by atoms with Crippen LogP contribution in [0.15, 0.2) is 174 Å². The summed E-state index contributed by atoms with van der Waals surface area (Å²) in [6.45, 7) is 2.31. The molecule has 8 heteroatoms. The van der Waals surface area contributed by atoms with E-state index in [9.17, 15) is 0 Å². The third-order valence-electron chi connectivity index (χ3n) is 13.2. The van der Waals surface area contributed by atoms with Crippen LogP contribution in [0.2, 0.25) is 0 Å². The molecule has 0 radical (unpaired) electrons. The van der Waals surface area contributed by atoms with Crippen molar-refractivity contribution in [2.24, 2.45) is 0 Å². The first-order chi connectivity index (χ1) is 30.0. The largest absolute Gasteiger partial charge is 0.481 e. The average Bonchev–Trinajstić information content (AvgIpc) is 4.04. The van der Waals surface area contributed by atoms with Crippen molar-refractivity contribution in [3.63, 3.8) is 0 Å². The summed E-state index contributed by atoms with van der Waals surface area (Å²) in [4.78, 5) is 13.4. The number of ether oxygens (including phenoxy) is 1. The summed E-state index contributed by atoms with van der Waals surface area (Å²) in [5.74, 6) is -0.334. The summed E-state index contributed by atoms with van der Waals surface area (Å²) in [5, 5.41) is 3.60. The maximum atomic E-state index is 15.3. The lowest BCUT2D eigenvalue weighted by molar-refractivity contribution is 0.267. The van der Waals surface area contributed by atoms with E-state index < -0.39 is 17.7 Å². The predicted octanol–water partition coefficient (Wildman–Crippen LogP) is 12.8. The first-order valence-electron chi connectivity index (χ1n) is 20.6. The molecule has 4 atom stereocenters. The summed E-state index contributed by atoms with van der Waals surface area (Å²) < 4.78 is 45.7. The second-order valence-corrected chi connectivity index (χ2v) is 16.5. The van der Waals surface area contributed by atoms with E-state index in [1.165, 1.54) is 17.7 Å². The molecule has 6 nitrogen and oxygen atoms in total. The van der Waals surface area contributed by atoms with Crippen LogP contribution in [0, 0.1) is 11.6 Å². The van der Waals surface area contributed by atoms with Crippen LogP contribution in [0.1, 0.15) is 29.7 Å². The molecular weight excluding hydrogens is 763 g/mol. The van der Waals surface area contributed by atoms with Gasteiger partial charge in [0.1, 0.15) is 11.7 Å². The zero-order chi connectivity index (χ0) is 40.6.